The molecule has 0 fully saturated rings. The second-order valence-corrected chi connectivity index (χ2v) is 4.96. The van der Waals surface area contributed by atoms with Crippen molar-refractivity contribution in [2.75, 3.05) is 6.16 Å². The predicted molar refractivity (Wildman–Crippen MR) is 64.7 cm³/mol. The van der Waals surface area contributed by atoms with E-state index in [-0.39, 0.29) is 36.9 Å². The second kappa shape index (κ2) is 10.3. The molecule has 1 unspecified atom stereocenters. The standard InChI is InChI=1S/C8H19O3P.2ClH/c1-3-5-6-8(4-2)7-12(9,10)11;;/h8H,3-7H2,1-2H3,(H2,9,10,11);2*1H. The van der Waals surface area contributed by atoms with Gasteiger partial charge < -0.3 is 9.79 Å². The molecule has 90 valence electrons. The maximum absolute atomic E-state index is 10.7. The van der Waals surface area contributed by atoms with Crippen molar-refractivity contribution in [1.29, 1.82) is 0 Å². The SMILES string of the molecule is CCCCC(CC)CP(=O)(O)O.Cl.Cl. The van der Waals surface area contributed by atoms with E-state index in [1.54, 1.807) is 0 Å². The van der Waals surface area contributed by atoms with Crippen LogP contribution < -0.4 is 0 Å². The third kappa shape index (κ3) is 12.7. The zero-order valence-electron chi connectivity index (χ0n) is 8.68. The highest BCUT2D eigenvalue weighted by Crippen LogP contribution is 2.38. The molecule has 1 atom stereocenters. The van der Waals surface area contributed by atoms with Crippen LogP contribution >= 0.6 is 32.4 Å². The third-order valence-electron chi connectivity index (χ3n) is 2.04. The van der Waals surface area contributed by atoms with Gasteiger partial charge in [0.25, 0.3) is 0 Å². The van der Waals surface area contributed by atoms with Crippen LogP contribution in [0.4, 0.5) is 0 Å². The van der Waals surface area contributed by atoms with Crippen LogP contribution in [0.15, 0.2) is 0 Å². The molecule has 6 heteroatoms. The number of hydrogen-bond donors (Lipinski definition) is 2. The van der Waals surface area contributed by atoms with Crippen molar-refractivity contribution in [3.63, 3.8) is 0 Å². The Morgan fingerprint density at radius 2 is 1.71 bits per heavy atom. The second-order valence-electron chi connectivity index (χ2n) is 3.26. The lowest BCUT2D eigenvalue weighted by molar-refractivity contribution is 0.354. The number of unbranched alkanes of at least 4 members (excludes halogenated alkanes) is 1. The highest BCUT2D eigenvalue weighted by atomic mass is 35.5. The summed E-state index contributed by atoms with van der Waals surface area (Å²) in [6.07, 6.45) is 4.03. The minimum Gasteiger partial charge on any atom is -0.324 e. The van der Waals surface area contributed by atoms with Crippen LogP contribution in [-0.4, -0.2) is 15.9 Å². The van der Waals surface area contributed by atoms with Gasteiger partial charge in [-0.3, -0.25) is 4.57 Å². The van der Waals surface area contributed by atoms with E-state index in [4.69, 9.17) is 9.79 Å². The first-order chi connectivity index (χ1) is 5.49. The molecular weight excluding hydrogens is 246 g/mol. The molecule has 0 saturated heterocycles. The van der Waals surface area contributed by atoms with E-state index in [0.29, 0.717) is 0 Å². The molecule has 0 aromatic heterocycles. The molecule has 0 aromatic rings. The fraction of sp³-hybridized carbons (Fsp3) is 1.00. The molecule has 0 rings (SSSR count). The molecule has 0 bridgehead atoms. The molecule has 0 aliphatic heterocycles. The highest BCUT2D eigenvalue weighted by molar-refractivity contribution is 7.51. The topological polar surface area (TPSA) is 57.5 Å². The maximum Gasteiger partial charge on any atom is 0.325 e. The molecule has 0 aliphatic carbocycles. The summed E-state index contributed by atoms with van der Waals surface area (Å²) in [5.41, 5.74) is 0. The van der Waals surface area contributed by atoms with Crippen LogP contribution in [0, 0.1) is 5.92 Å². The number of hydrogen-bond acceptors (Lipinski definition) is 1. The molecular formula is C8H21Cl2O3P. The molecule has 0 amide bonds. The lowest BCUT2D eigenvalue weighted by atomic mass is 10.0. The van der Waals surface area contributed by atoms with Crippen LogP contribution in [0.3, 0.4) is 0 Å². The zero-order chi connectivity index (χ0) is 9.61. The average Bonchev–Trinajstić information content (AvgIpc) is 1.95. The highest BCUT2D eigenvalue weighted by Gasteiger charge is 2.19. The van der Waals surface area contributed by atoms with Gasteiger partial charge in [-0.2, -0.15) is 0 Å². The maximum atomic E-state index is 10.7. The minimum absolute atomic E-state index is 0. The van der Waals surface area contributed by atoms with Gasteiger partial charge in [0.05, 0.1) is 6.16 Å². The van der Waals surface area contributed by atoms with Gasteiger partial charge >= 0.3 is 7.60 Å². The van der Waals surface area contributed by atoms with Gasteiger partial charge in [0.2, 0.25) is 0 Å². The van der Waals surface area contributed by atoms with Gasteiger partial charge in [0.1, 0.15) is 0 Å². The van der Waals surface area contributed by atoms with Crippen molar-refractivity contribution >= 4 is 32.4 Å². The summed E-state index contributed by atoms with van der Waals surface area (Å²) in [6.45, 7) is 4.07. The molecule has 2 N–H and O–H groups in total. The summed E-state index contributed by atoms with van der Waals surface area (Å²) >= 11 is 0. The van der Waals surface area contributed by atoms with E-state index in [2.05, 4.69) is 6.92 Å². The average molecular weight is 267 g/mol. The van der Waals surface area contributed by atoms with Gasteiger partial charge in [0.15, 0.2) is 0 Å². The van der Waals surface area contributed by atoms with Crippen LogP contribution in [0.5, 0.6) is 0 Å². The summed E-state index contributed by atoms with van der Waals surface area (Å²) in [7, 11) is -3.78. The molecule has 14 heavy (non-hydrogen) atoms. The Balaban J connectivity index is -0.000000605. The van der Waals surface area contributed by atoms with Gasteiger partial charge in [-0.1, -0.05) is 33.1 Å². The van der Waals surface area contributed by atoms with Crippen LogP contribution in [-0.2, 0) is 4.57 Å². The van der Waals surface area contributed by atoms with Crippen LogP contribution in [0.25, 0.3) is 0 Å². The minimum atomic E-state index is -3.78. The van der Waals surface area contributed by atoms with Gasteiger partial charge in [-0.25, -0.2) is 0 Å². The fourth-order valence-electron chi connectivity index (χ4n) is 1.25. The van der Waals surface area contributed by atoms with Crippen molar-refractivity contribution in [2.45, 2.75) is 39.5 Å². The van der Waals surface area contributed by atoms with E-state index >= 15 is 0 Å². The summed E-state index contributed by atoms with van der Waals surface area (Å²) in [5.74, 6) is 0.200. The first kappa shape index (κ1) is 20.2. The molecule has 0 radical (unpaired) electrons. The van der Waals surface area contributed by atoms with E-state index in [0.717, 1.165) is 25.7 Å². The number of rotatable bonds is 6. The summed E-state index contributed by atoms with van der Waals surface area (Å²) in [4.78, 5) is 17.5. The molecule has 0 spiro atoms. The largest absolute Gasteiger partial charge is 0.325 e. The van der Waals surface area contributed by atoms with Crippen molar-refractivity contribution < 1.29 is 14.4 Å². The predicted octanol–water partition coefficient (Wildman–Crippen LogP) is 3.22. The summed E-state index contributed by atoms with van der Waals surface area (Å²) in [6, 6.07) is 0. The monoisotopic (exact) mass is 266 g/mol. The Kier molecular flexibility index (Phi) is 14.8. The van der Waals surface area contributed by atoms with Crippen molar-refractivity contribution in [3.05, 3.63) is 0 Å². The quantitative estimate of drug-likeness (QED) is 0.726. The Morgan fingerprint density at radius 1 is 1.21 bits per heavy atom. The van der Waals surface area contributed by atoms with Gasteiger partial charge in [-0.15, -0.1) is 24.8 Å². The molecule has 0 aliphatic rings. The lowest BCUT2D eigenvalue weighted by Gasteiger charge is -2.14. The van der Waals surface area contributed by atoms with E-state index in [9.17, 15) is 4.57 Å². The van der Waals surface area contributed by atoms with Crippen molar-refractivity contribution in [1.82, 2.24) is 0 Å². The Bertz CT molecular complexity index is 161. The van der Waals surface area contributed by atoms with Crippen LogP contribution in [0.1, 0.15) is 39.5 Å². The molecule has 0 aromatic carbocycles. The van der Waals surface area contributed by atoms with E-state index < -0.39 is 7.60 Å². The smallest absolute Gasteiger partial charge is 0.324 e. The normalized spacial score (nSPS) is 12.6. The van der Waals surface area contributed by atoms with Crippen LogP contribution in [0.2, 0.25) is 0 Å². The Morgan fingerprint density at radius 3 is 2.00 bits per heavy atom. The Hall–Kier alpha value is 0.730. The van der Waals surface area contributed by atoms with Gasteiger partial charge in [0, 0.05) is 0 Å². The summed E-state index contributed by atoms with van der Waals surface area (Å²) in [5, 5.41) is 0. The third-order valence-corrected chi connectivity index (χ3v) is 3.03. The molecule has 3 nitrogen and oxygen atoms in total. The fourth-order valence-corrected chi connectivity index (χ4v) is 2.37. The molecule has 0 saturated carbocycles. The van der Waals surface area contributed by atoms with Crippen molar-refractivity contribution in [3.8, 4) is 0 Å². The Labute approximate surface area is 98.7 Å². The van der Waals surface area contributed by atoms with E-state index in [1.165, 1.54) is 0 Å². The number of halogens is 2. The van der Waals surface area contributed by atoms with Crippen molar-refractivity contribution in [2.24, 2.45) is 5.92 Å². The summed E-state index contributed by atoms with van der Waals surface area (Å²) < 4.78 is 10.7. The first-order valence-electron chi connectivity index (χ1n) is 4.54. The first-order valence-corrected chi connectivity index (χ1v) is 6.34. The van der Waals surface area contributed by atoms with Gasteiger partial charge in [-0.05, 0) is 12.3 Å². The van der Waals surface area contributed by atoms with E-state index in [1.807, 2.05) is 6.92 Å². The molecule has 0 heterocycles. The zero-order valence-corrected chi connectivity index (χ0v) is 11.2. The lowest BCUT2D eigenvalue weighted by Crippen LogP contribution is -2.05.